The van der Waals surface area contributed by atoms with Crippen LogP contribution < -0.4 is 5.32 Å². The number of nitrogens with one attached hydrogen (secondary N) is 1. The van der Waals surface area contributed by atoms with E-state index in [2.05, 4.69) is 5.32 Å². The molecule has 2 unspecified atom stereocenters. The predicted molar refractivity (Wildman–Crippen MR) is 76.9 cm³/mol. The van der Waals surface area contributed by atoms with Gasteiger partial charge in [-0.1, -0.05) is 29.3 Å². The van der Waals surface area contributed by atoms with Crippen molar-refractivity contribution in [1.82, 2.24) is 5.32 Å². The van der Waals surface area contributed by atoms with Gasteiger partial charge in [-0.2, -0.15) is 13.2 Å². The second-order valence-corrected chi connectivity index (χ2v) is 6.27. The number of piperidine rings is 1. The average molecular weight is 342 g/mol. The first-order valence-corrected chi connectivity index (χ1v) is 7.41. The lowest BCUT2D eigenvalue weighted by Crippen LogP contribution is -2.47. The monoisotopic (exact) mass is 341 g/mol. The van der Waals surface area contributed by atoms with Gasteiger partial charge in [0.15, 0.2) is 6.10 Å². The van der Waals surface area contributed by atoms with Gasteiger partial charge in [-0.3, -0.25) is 0 Å². The van der Waals surface area contributed by atoms with Crippen LogP contribution >= 0.6 is 23.2 Å². The van der Waals surface area contributed by atoms with Gasteiger partial charge in [0.05, 0.1) is 10.0 Å². The molecule has 7 heteroatoms. The van der Waals surface area contributed by atoms with Crippen molar-refractivity contribution in [2.24, 2.45) is 0 Å². The topological polar surface area (TPSA) is 32.3 Å². The molecule has 1 fully saturated rings. The summed E-state index contributed by atoms with van der Waals surface area (Å²) in [5.74, 6) is 0. The summed E-state index contributed by atoms with van der Waals surface area (Å²) in [5.41, 5.74) is -0.117. The fraction of sp³-hybridized carbons (Fsp3) is 0.571. The summed E-state index contributed by atoms with van der Waals surface area (Å²) in [4.78, 5) is 0. The van der Waals surface area contributed by atoms with Crippen LogP contribution in [0.5, 0.6) is 0 Å². The van der Waals surface area contributed by atoms with Crippen molar-refractivity contribution in [3.8, 4) is 0 Å². The average Bonchev–Trinajstić information content (AvgIpc) is 2.41. The molecule has 1 aliphatic heterocycles. The Hall–Kier alpha value is -0.490. The number of aliphatic hydroxyl groups is 1. The molecule has 1 saturated heterocycles. The molecule has 21 heavy (non-hydrogen) atoms. The molecule has 2 rings (SSSR count). The van der Waals surface area contributed by atoms with Gasteiger partial charge in [-0.25, -0.2) is 0 Å². The highest BCUT2D eigenvalue weighted by Crippen LogP contribution is 2.40. The number of aliphatic hydroxyl groups excluding tert-OH is 1. The molecule has 2 atom stereocenters. The second kappa shape index (κ2) is 6.32. The molecule has 0 spiro atoms. The van der Waals surface area contributed by atoms with Gasteiger partial charge in [0, 0.05) is 12.0 Å². The lowest BCUT2D eigenvalue weighted by molar-refractivity contribution is -0.210. The molecule has 1 aromatic rings. The first kappa shape index (κ1) is 16.9. The molecule has 1 aromatic carbocycles. The molecule has 0 saturated carbocycles. The zero-order valence-corrected chi connectivity index (χ0v) is 12.7. The zero-order chi connectivity index (χ0) is 15.7. The largest absolute Gasteiger partial charge is 0.414 e. The third kappa shape index (κ3) is 3.83. The number of rotatable bonds is 3. The van der Waals surface area contributed by atoms with Gasteiger partial charge < -0.3 is 10.4 Å². The number of benzene rings is 1. The Bertz CT molecular complexity index is 501. The Kier molecular flexibility index (Phi) is 5.08. The van der Waals surface area contributed by atoms with Crippen LogP contribution in [0.4, 0.5) is 13.2 Å². The van der Waals surface area contributed by atoms with E-state index in [4.69, 9.17) is 23.2 Å². The fourth-order valence-electron chi connectivity index (χ4n) is 2.82. The molecule has 0 aliphatic carbocycles. The Morgan fingerprint density at radius 1 is 1.29 bits per heavy atom. The van der Waals surface area contributed by atoms with Gasteiger partial charge in [-0.15, -0.1) is 0 Å². The lowest BCUT2D eigenvalue weighted by Gasteiger charge is -2.40. The predicted octanol–water partition coefficient (Wildman–Crippen LogP) is 3.93. The van der Waals surface area contributed by atoms with E-state index in [9.17, 15) is 18.3 Å². The molecular formula is C14H16Cl2F3NO. The van der Waals surface area contributed by atoms with Crippen molar-refractivity contribution in [2.45, 2.75) is 37.0 Å². The summed E-state index contributed by atoms with van der Waals surface area (Å²) in [5, 5.41) is 13.3. The molecule has 1 aliphatic rings. The van der Waals surface area contributed by atoms with E-state index >= 15 is 0 Å². The van der Waals surface area contributed by atoms with E-state index in [-0.39, 0.29) is 6.42 Å². The van der Waals surface area contributed by atoms with Crippen LogP contribution in [-0.2, 0) is 5.41 Å². The van der Waals surface area contributed by atoms with Crippen molar-refractivity contribution in [3.63, 3.8) is 0 Å². The van der Waals surface area contributed by atoms with E-state index in [1.165, 1.54) is 0 Å². The van der Waals surface area contributed by atoms with Crippen LogP contribution in [0.2, 0.25) is 10.0 Å². The summed E-state index contributed by atoms with van der Waals surface area (Å²) in [7, 11) is 0. The Morgan fingerprint density at radius 2 is 2.00 bits per heavy atom. The van der Waals surface area contributed by atoms with Gasteiger partial charge in [0.25, 0.3) is 0 Å². The quantitative estimate of drug-likeness (QED) is 0.873. The maximum Gasteiger partial charge on any atom is 0.414 e. The minimum absolute atomic E-state index is 0.306. The van der Waals surface area contributed by atoms with Crippen molar-refractivity contribution in [1.29, 1.82) is 0 Å². The summed E-state index contributed by atoms with van der Waals surface area (Å²) >= 11 is 11.9. The molecular weight excluding hydrogens is 326 g/mol. The van der Waals surface area contributed by atoms with Crippen LogP contribution in [0.1, 0.15) is 24.8 Å². The number of alkyl halides is 3. The van der Waals surface area contributed by atoms with Crippen molar-refractivity contribution >= 4 is 23.2 Å². The van der Waals surface area contributed by atoms with Gasteiger partial charge >= 0.3 is 6.18 Å². The van der Waals surface area contributed by atoms with Gasteiger partial charge in [-0.05, 0) is 43.5 Å². The van der Waals surface area contributed by atoms with Crippen LogP contribution in [0.3, 0.4) is 0 Å². The number of hydrogen-bond acceptors (Lipinski definition) is 2. The van der Waals surface area contributed by atoms with Crippen LogP contribution in [0.25, 0.3) is 0 Å². The lowest BCUT2D eigenvalue weighted by atomic mass is 9.71. The highest BCUT2D eigenvalue weighted by molar-refractivity contribution is 6.42. The highest BCUT2D eigenvalue weighted by atomic mass is 35.5. The molecule has 0 aromatic heterocycles. The van der Waals surface area contributed by atoms with E-state index in [0.29, 0.717) is 28.6 Å². The van der Waals surface area contributed by atoms with E-state index in [1.54, 1.807) is 18.2 Å². The normalized spacial score (nSPS) is 24.9. The Labute approximate surface area is 131 Å². The third-order valence-corrected chi connectivity index (χ3v) is 4.71. The second-order valence-electron chi connectivity index (χ2n) is 5.45. The van der Waals surface area contributed by atoms with E-state index in [1.807, 2.05) is 0 Å². The van der Waals surface area contributed by atoms with Crippen molar-refractivity contribution in [2.75, 3.05) is 13.1 Å². The summed E-state index contributed by atoms with van der Waals surface area (Å²) in [6, 6.07) is 4.86. The summed E-state index contributed by atoms with van der Waals surface area (Å²) in [6.07, 6.45) is -6.07. The maximum absolute atomic E-state index is 12.7. The van der Waals surface area contributed by atoms with Gasteiger partial charge in [0.2, 0.25) is 0 Å². The fourth-order valence-corrected chi connectivity index (χ4v) is 3.12. The Balaban J connectivity index is 2.34. The standard InChI is InChI=1S/C14H16Cl2F3NO/c15-10-3-2-9(6-11(10)16)13(4-1-5-20-8-13)7-12(21)14(17,18)19/h2-3,6,12,20-21H,1,4-5,7-8H2. The van der Waals surface area contributed by atoms with Crippen molar-refractivity contribution < 1.29 is 18.3 Å². The van der Waals surface area contributed by atoms with Crippen LogP contribution in [0, 0.1) is 0 Å². The molecule has 0 radical (unpaired) electrons. The molecule has 0 bridgehead atoms. The summed E-state index contributed by atoms with van der Waals surface area (Å²) in [6.45, 7) is 1.13. The Morgan fingerprint density at radius 3 is 2.52 bits per heavy atom. The smallest absolute Gasteiger partial charge is 0.384 e. The maximum atomic E-state index is 12.7. The van der Waals surface area contributed by atoms with E-state index in [0.717, 1.165) is 13.0 Å². The molecule has 0 amide bonds. The molecule has 1 heterocycles. The number of halogens is 5. The first-order valence-electron chi connectivity index (χ1n) is 6.66. The SMILES string of the molecule is OC(CC1(c2ccc(Cl)c(Cl)c2)CCCNC1)C(F)(F)F. The minimum Gasteiger partial charge on any atom is -0.384 e. The highest BCUT2D eigenvalue weighted by Gasteiger charge is 2.45. The number of hydrogen-bond donors (Lipinski definition) is 2. The van der Waals surface area contributed by atoms with Crippen LogP contribution in [0.15, 0.2) is 18.2 Å². The van der Waals surface area contributed by atoms with E-state index < -0.39 is 17.7 Å². The zero-order valence-electron chi connectivity index (χ0n) is 11.2. The first-order chi connectivity index (χ1) is 9.74. The van der Waals surface area contributed by atoms with Crippen molar-refractivity contribution in [3.05, 3.63) is 33.8 Å². The molecule has 2 N–H and O–H groups in total. The van der Waals surface area contributed by atoms with Gasteiger partial charge in [0.1, 0.15) is 0 Å². The molecule has 2 nitrogen and oxygen atoms in total. The third-order valence-electron chi connectivity index (χ3n) is 3.97. The summed E-state index contributed by atoms with van der Waals surface area (Å²) < 4.78 is 38.1. The molecule has 118 valence electrons. The minimum atomic E-state index is -4.62. The van der Waals surface area contributed by atoms with Crippen LogP contribution in [-0.4, -0.2) is 30.5 Å².